The van der Waals surface area contributed by atoms with Gasteiger partial charge in [-0.2, -0.15) is 0 Å². The molecule has 20 heavy (non-hydrogen) atoms. The van der Waals surface area contributed by atoms with Crippen molar-refractivity contribution in [2.24, 2.45) is 0 Å². The standard InChI is InChI=1S/2C7H14O3/c2*1-3-5-9-7(8)10-6-4-2/h2*3-6H2,1-2H3. The van der Waals surface area contributed by atoms with Crippen molar-refractivity contribution in [3.63, 3.8) is 0 Å². The molecule has 0 N–H and O–H groups in total. The van der Waals surface area contributed by atoms with Gasteiger partial charge in [-0.1, -0.05) is 27.7 Å². The molecule has 0 heterocycles. The highest BCUT2D eigenvalue weighted by Crippen LogP contribution is 1.89. The first-order valence-corrected chi connectivity index (χ1v) is 7.21. The highest BCUT2D eigenvalue weighted by atomic mass is 16.7. The number of carbonyl (C=O) groups excluding carboxylic acids is 2. The third-order valence-corrected chi connectivity index (χ3v) is 1.70. The van der Waals surface area contributed by atoms with Crippen molar-refractivity contribution in [1.82, 2.24) is 0 Å². The molecule has 0 bridgehead atoms. The average Bonchev–Trinajstić information content (AvgIpc) is 2.47. The fourth-order valence-corrected chi connectivity index (χ4v) is 0.825. The normalized spacial score (nSPS) is 9.00. The molecule has 0 fully saturated rings. The number of hydrogen-bond acceptors (Lipinski definition) is 6. The van der Waals surface area contributed by atoms with E-state index in [2.05, 4.69) is 18.9 Å². The quantitative estimate of drug-likeness (QED) is 0.631. The highest BCUT2D eigenvalue weighted by molar-refractivity contribution is 5.59. The van der Waals surface area contributed by atoms with Crippen molar-refractivity contribution >= 4 is 12.3 Å². The van der Waals surface area contributed by atoms with Crippen molar-refractivity contribution < 1.29 is 28.5 Å². The van der Waals surface area contributed by atoms with Crippen LogP contribution in [0.5, 0.6) is 0 Å². The molecule has 120 valence electrons. The Morgan fingerprint density at radius 2 is 0.750 bits per heavy atom. The van der Waals surface area contributed by atoms with Gasteiger partial charge in [-0.05, 0) is 25.7 Å². The smallest absolute Gasteiger partial charge is 0.434 e. The van der Waals surface area contributed by atoms with Crippen molar-refractivity contribution in [2.45, 2.75) is 53.4 Å². The lowest BCUT2D eigenvalue weighted by atomic mass is 10.5. The summed E-state index contributed by atoms with van der Waals surface area (Å²) < 4.78 is 18.5. The van der Waals surface area contributed by atoms with Gasteiger partial charge in [0.25, 0.3) is 0 Å². The average molecular weight is 292 g/mol. The van der Waals surface area contributed by atoms with Gasteiger partial charge in [-0.3, -0.25) is 0 Å². The second-order valence-electron chi connectivity index (χ2n) is 3.89. The molecule has 6 nitrogen and oxygen atoms in total. The second-order valence-corrected chi connectivity index (χ2v) is 3.89. The summed E-state index contributed by atoms with van der Waals surface area (Å²) in [5.74, 6) is 0. The van der Waals surface area contributed by atoms with E-state index >= 15 is 0 Å². The number of rotatable bonds is 8. The molecular formula is C14H28O6. The summed E-state index contributed by atoms with van der Waals surface area (Å²) in [5.41, 5.74) is 0. The molecule has 0 radical (unpaired) electrons. The molecule has 0 aromatic rings. The van der Waals surface area contributed by atoms with E-state index in [1.807, 2.05) is 27.7 Å². The number of ether oxygens (including phenoxy) is 4. The van der Waals surface area contributed by atoms with Gasteiger partial charge in [-0.25, -0.2) is 9.59 Å². The zero-order chi connectivity index (χ0) is 15.6. The molecule has 0 spiro atoms. The third kappa shape index (κ3) is 18.9. The van der Waals surface area contributed by atoms with E-state index < -0.39 is 12.3 Å². The fraction of sp³-hybridized carbons (Fsp3) is 0.857. The van der Waals surface area contributed by atoms with Gasteiger partial charge in [0.15, 0.2) is 0 Å². The van der Waals surface area contributed by atoms with Crippen LogP contribution in [-0.2, 0) is 18.9 Å². The Labute approximate surface area is 121 Å². The van der Waals surface area contributed by atoms with Gasteiger partial charge >= 0.3 is 12.3 Å². The minimum absolute atomic E-state index is 0.447. The lowest BCUT2D eigenvalue weighted by molar-refractivity contribution is 0.0545. The summed E-state index contributed by atoms with van der Waals surface area (Å²) in [7, 11) is 0. The van der Waals surface area contributed by atoms with E-state index in [4.69, 9.17) is 0 Å². The van der Waals surface area contributed by atoms with Crippen molar-refractivity contribution in [1.29, 1.82) is 0 Å². The lowest BCUT2D eigenvalue weighted by Crippen LogP contribution is -2.08. The van der Waals surface area contributed by atoms with Gasteiger partial charge in [0.05, 0.1) is 26.4 Å². The van der Waals surface area contributed by atoms with Gasteiger partial charge < -0.3 is 18.9 Å². The van der Waals surface area contributed by atoms with Crippen LogP contribution in [0.25, 0.3) is 0 Å². The van der Waals surface area contributed by atoms with Gasteiger partial charge in [-0.15, -0.1) is 0 Å². The Kier molecular flexibility index (Phi) is 18.3. The van der Waals surface area contributed by atoms with Crippen LogP contribution in [0, 0.1) is 0 Å². The Morgan fingerprint density at radius 3 is 0.900 bits per heavy atom. The third-order valence-electron chi connectivity index (χ3n) is 1.70. The fourth-order valence-electron chi connectivity index (χ4n) is 0.825. The molecule has 0 aromatic carbocycles. The summed E-state index contributed by atoms with van der Waals surface area (Å²) in [6.07, 6.45) is 2.23. The lowest BCUT2D eigenvalue weighted by Gasteiger charge is -2.02. The predicted molar refractivity (Wildman–Crippen MR) is 75.8 cm³/mol. The van der Waals surface area contributed by atoms with Crippen LogP contribution in [0.3, 0.4) is 0 Å². The van der Waals surface area contributed by atoms with E-state index in [0.717, 1.165) is 25.7 Å². The maximum absolute atomic E-state index is 10.5. The minimum atomic E-state index is -0.552. The first-order valence-electron chi connectivity index (χ1n) is 7.21. The molecule has 0 saturated heterocycles. The second kappa shape index (κ2) is 17.5. The molecule has 6 heteroatoms. The van der Waals surface area contributed by atoms with Crippen molar-refractivity contribution in [2.75, 3.05) is 26.4 Å². The van der Waals surface area contributed by atoms with Crippen LogP contribution in [0.1, 0.15) is 53.4 Å². The molecular weight excluding hydrogens is 264 g/mol. The van der Waals surface area contributed by atoms with Gasteiger partial charge in [0.2, 0.25) is 0 Å². The molecule has 0 atom stereocenters. The van der Waals surface area contributed by atoms with Crippen LogP contribution < -0.4 is 0 Å². The summed E-state index contributed by atoms with van der Waals surface area (Å²) in [6, 6.07) is 0. The highest BCUT2D eigenvalue weighted by Gasteiger charge is 2.00. The van der Waals surface area contributed by atoms with Crippen molar-refractivity contribution in [3.8, 4) is 0 Å². The number of carbonyl (C=O) groups is 2. The first-order chi connectivity index (χ1) is 9.62. The Morgan fingerprint density at radius 1 is 0.550 bits per heavy atom. The first kappa shape index (κ1) is 20.8. The van der Waals surface area contributed by atoms with Gasteiger partial charge in [0.1, 0.15) is 0 Å². The van der Waals surface area contributed by atoms with Crippen LogP contribution in [0.2, 0.25) is 0 Å². The maximum atomic E-state index is 10.5. The zero-order valence-corrected chi connectivity index (χ0v) is 13.1. The van der Waals surface area contributed by atoms with Gasteiger partial charge in [0, 0.05) is 0 Å². The molecule has 0 rings (SSSR count). The van der Waals surface area contributed by atoms with Crippen LogP contribution in [0.4, 0.5) is 9.59 Å². The molecule has 0 amide bonds. The van der Waals surface area contributed by atoms with E-state index in [0.29, 0.717) is 26.4 Å². The SMILES string of the molecule is CCCOC(=O)OCCC.CCCOC(=O)OCCC. The Balaban J connectivity index is 0. The summed E-state index contributed by atoms with van der Waals surface area (Å²) in [4.78, 5) is 21.0. The van der Waals surface area contributed by atoms with Crippen LogP contribution in [0.15, 0.2) is 0 Å². The summed E-state index contributed by atoms with van der Waals surface area (Å²) in [5, 5.41) is 0. The predicted octanol–water partition coefficient (Wildman–Crippen LogP) is 3.92. The molecule has 0 aliphatic rings. The molecule has 0 aliphatic heterocycles. The molecule has 0 unspecified atom stereocenters. The topological polar surface area (TPSA) is 71.1 Å². The monoisotopic (exact) mass is 292 g/mol. The number of hydrogen-bond donors (Lipinski definition) is 0. The Hall–Kier alpha value is -1.46. The van der Waals surface area contributed by atoms with Crippen LogP contribution in [-0.4, -0.2) is 38.7 Å². The molecule has 0 aromatic heterocycles. The van der Waals surface area contributed by atoms with E-state index in [1.165, 1.54) is 0 Å². The van der Waals surface area contributed by atoms with E-state index in [9.17, 15) is 9.59 Å². The molecule has 0 aliphatic carbocycles. The summed E-state index contributed by atoms with van der Waals surface area (Å²) >= 11 is 0. The minimum Gasteiger partial charge on any atom is -0.434 e. The van der Waals surface area contributed by atoms with Crippen LogP contribution >= 0.6 is 0 Å². The zero-order valence-electron chi connectivity index (χ0n) is 13.1. The summed E-state index contributed by atoms with van der Waals surface area (Å²) in [6.45, 7) is 9.54. The maximum Gasteiger partial charge on any atom is 0.508 e. The molecule has 0 saturated carbocycles. The van der Waals surface area contributed by atoms with E-state index in [-0.39, 0.29) is 0 Å². The van der Waals surface area contributed by atoms with Crippen molar-refractivity contribution in [3.05, 3.63) is 0 Å². The Bertz CT molecular complexity index is 186. The van der Waals surface area contributed by atoms with E-state index in [1.54, 1.807) is 0 Å². The largest absolute Gasteiger partial charge is 0.508 e.